The number of carbonyl (C=O) groups is 2. The maximum Gasteiger partial charge on any atom is 0.261 e. The fourth-order valence-corrected chi connectivity index (χ4v) is 3.82. The maximum absolute atomic E-state index is 13.1. The second kappa shape index (κ2) is 10.9. The molecule has 0 aliphatic heterocycles. The topological polar surface area (TPSA) is 58.6 Å². The quantitative estimate of drug-likeness (QED) is 0.452. The second-order valence-electron chi connectivity index (χ2n) is 8.05. The molecule has 9 heteroatoms. The Bertz CT molecular complexity index is 964. The number of ether oxygens (including phenoxy) is 1. The number of rotatable bonds is 7. The highest BCUT2D eigenvalue weighted by molar-refractivity contribution is 9.10. The van der Waals surface area contributed by atoms with Crippen LogP contribution in [0.4, 0.5) is 0 Å². The first-order valence-electron chi connectivity index (χ1n) is 9.50. The molecule has 2 amide bonds. The average molecular weight is 551 g/mol. The number of benzene rings is 2. The van der Waals surface area contributed by atoms with Crippen molar-refractivity contribution >= 4 is 62.5 Å². The lowest BCUT2D eigenvalue weighted by Crippen LogP contribution is -2.53. The highest BCUT2D eigenvalue weighted by Crippen LogP contribution is 2.28. The third kappa shape index (κ3) is 7.86. The number of halogens is 4. The zero-order chi connectivity index (χ0) is 23.3. The van der Waals surface area contributed by atoms with Crippen LogP contribution in [0.3, 0.4) is 0 Å². The molecule has 2 rings (SSSR count). The van der Waals surface area contributed by atoms with Crippen LogP contribution < -0.4 is 10.1 Å². The molecule has 0 heterocycles. The molecule has 1 atom stereocenters. The fraction of sp³-hybridized carbons (Fsp3) is 0.364. The van der Waals surface area contributed by atoms with Crippen LogP contribution in [0, 0.1) is 0 Å². The van der Waals surface area contributed by atoms with Gasteiger partial charge in [0.2, 0.25) is 5.91 Å². The minimum atomic E-state index is -0.738. The van der Waals surface area contributed by atoms with Crippen molar-refractivity contribution in [3.63, 3.8) is 0 Å². The fourth-order valence-electron chi connectivity index (χ4n) is 2.71. The van der Waals surface area contributed by atoms with Gasteiger partial charge in [-0.15, -0.1) is 0 Å². The minimum Gasteiger partial charge on any atom is -0.483 e. The summed E-state index contributed by atoms with van der Waals surface area (Å²) in [5, 5.41) is 4.24. The van der Waals surface area contributed by atoms with Gasteiger partial charge in [-0.2, -0.15) is 0 Å². The van der Waals surface area contributed by atoms with E-state index in [0.29, 0.717) is 25.3 Å². The Balaban J connectivity index is 2.23. The number of hydrogen-bond acceptors (Lipinski definition) is 3. The van der Waals surface area contributed by atoms with Gasteiger partial charge in [-0.1, -0.05) is 40.9 Å². The Morgan fingerprint density at radius 2 is 1.77 bits per heavy atom. The molecule has 0 aromatic heterocycles. The standard InChI is InChI=1S/C22H24BrCl3N2O3/c1-13(21(30)27-22(2,3)4)28(11-14-5-7-17(25)18(26)9-14)20(29)12-31-19-8-6-15(24)10-16(19)23/h5-10,13H,11-12H2,1-4H3,(H,27,30)/t13-/m0/s1. The van der Waals surface area contributed by atoms with Crippen LogP contribution in [-0.4, -0.2) is 34.9 Å². The predicted molar refractivity (Wildman–Crippen MR) is 129 cm³/mol. The van der Waals surface area contributed by atoms with Crippen LogP contribution in [0.5, 0.6) is 5.75 Å². The third-order valence-electron chi connectivity index (χ3n) is 4.25. The first-order chi connectivity index (χ1) is 14.4. The van der Waals surface area contributed by atoms with Crippen molar-refractivity contribution in [3.05, 3.63) is 61.5 Å². The molecule has 2 aromatic carbocycles. The molecule has 0 saturated carbocycles. The zero-order valence-corrected chi connectivity index (χ0v) is 21.5. The Kier molecular flexibility index (Phi) is 9.07. The van der Waals surface area contributed by atoms with Gasteiger partial charge >= 0.3 is 0 Å². The first-order valence-corrected chi connectivity index (χ1v) is 11.4. The van der Waals surface area contributed by atoms with Gasteiger partial charge < -0.3 is 15.0 Å². The summed E-state index contributed by atoms with van der Waals surface area (Å²) in [6, 6.07) is 9.36. The summed E-state index contributed by atoms with van der Waals surface area (Å²) >= 11 is 21.4. The first kappa shape index (κ1) is 25.8. The average Bonchev–Trinajstić information content (AvgIpc) is 2.66. The lowest BCUT2D eigenvalue weighted by atomic mass is 10.1. The largest absolute Gasteiger partial charge is 0.483 e. The van der Waals surface area contributed by atoms with E-state index in [4.69, 9.17) is 39.5 Å². The molecule has 31 heavy (non-hydrogen) atoms. The molecule has 0 radical (unpaired) electrons. The Morgan fingerprint density at radius 3 is 2.35 bits per heavy atom. The van der Waals surface area contributed by atoms with Crippen molar-refractivity contribution in [2.75, 3.05) is 6.61 Å². The second-order valence-corrected chi connectivity index (χ2v) is 10.2. The SMILES string of the molecule is C[C@@H](C(=O)NC(C)(C)C)N(Cc1ccc(Cl)c(Cl)c1)C(=O)COc1ccc(Cl)cc1Br. The van der Waals surface area contributed by atoms with Gasteiger partial charge in [-0.05, 0) is 79.5 Å². The number of amides is 2. The van der Waals surface area contributed by atoms with Gasteiger partial charge in [0.1, 0.15) is 11.8 Å². The summed E-state index contributed by atoms with van der Waals surface area (Å²) in [6.07, 6.45) is 0. The van der Waals surface area contributed by atoms with Crippen molar-refractivity contribution in [2.45, 2.75) is 45.8 Å². The van der Waals surface area contributed by atoms with Gasteiger partial charge in [0.25, 0.3) is 5.91 Å². The predicted octanol–water partition coefficient (Wildman–Crippen LogP) is 6.12. The summed E-state index contributed by atoms with van der Waals surface area (Å²) in [5.74, 6) is -0.155. The van der Waals surface area contributed by atoms with E-state index in [-0.39, 0.29) is 25.0 Å². The van der Waals surface area contributed by atoms with Crippen molar-refractivity contribution in [2.24, 2.45) is 0 Å². The van der Waals surface area contributed by atoms with Crippen molar-refractivity contribution in [1.82, 2.24) is 10.2 Å². The molecule has 168 valence electrons. The van der Waals surface area contributed by atoms with Crippen molar-refractivity contribution in [1.29, 1.82) is 0 Å². The van der Waals surface area contributed by atoms with Crippen LogP contribution in [0.1, 0.15) is 33.3 Å². The molecular weight excluding hydrogens is 527 g/mol. The van der Waals surface area contributed by atoms with Crippen LogP contribution in [-0.2, 0) is 16.1 Å². The van der Waals surface area contributed by atoms with Gasteiger partial charge in [-0.3, -0.25) is 9.59 Å². The molecule has 0 spiro atoms. The van der Waals surface area contributed by atoms with E-state index in [1.165, 1.54) is 4.90 Å². The Labute approximate surface area is 206 Å². The molecule has 0 bridgehead atoms. The summed E-state index contributed by atoms with van der Waals surface area (Å²) in [5.41, 5.74) is 0.305. The van der Waals surface area contributed by atoms with Crippen molar-refractivity contribution in [3.8, 4) is 5.75 Å². The van der Waals surface area contributed by atoms with E-state index in [0.717, 1.165) is 5.56 Å². The van der Waals surface area contributed by atoms with Crippen LogP contribution in [0.2, 0.25) is 15.1 Å². The van der Waals surface area contributed by atoms with Gasteiger partial charge in [0, 0.05) is 17.1 Å². The van der Waals surface area contributed by atoms with E-state index in [1.807, 2.05) is 20.8 Å². The third-order valence-corrected chi connectivity index (χ3v) is 5.84. The summed E-state index contributed by atoms with van der Waals surface area (Å²) in [7, 11) is 0. The minimum absolute atomic E-state index is 0.166. The van der Waals surface area contributed by atoms with Crippen LogP contribution in [0.15, 0.2) is 40.9 Å². The molecule has 0 fully saturated rings. The van der Waals surface area contributed by atoms with E-state index >= 15 is 0 Å². The summed E-state index contributed by atoms with van der Waals surface area (Å²) in [6.45, 7) is 7.22. The van der Waals surface area contributed by atoms with E-state index in [2.05, 4.69) is 21.2 Å². The molecule has 0 aliphatic rings. The summed E-state index contributed by atoms with van der Waals surface area (Å²) in [4.78, 5) is 27.3. The number of nitrogens with one attached hydrogen (secondary N) is 1. The van der Waals surface area contributed by atoms with E-state index < -0.39 is 11.6 Å². The lowest BCUT2D eigenvalue weighted by molar-refractivity contribution is -0.142. The van der Waals surface area contributed by atoms with E-state index in [1.54, 1.807) is 43.3 Å². The van der Waals surface area contributed by atoms with Crippen molar-refractivity contribution < 1.29 is 14.3 Å². The number of hydrogen-bond donors (Lipinski definition) is 1. The smallest absolute Gasteiger partial charge is 0.261 e. The lowest BCUT2D eigenvalue weighted by Gasteiger charge is -2.31. The van der Waals surface area contributed by atoms with Crippen LogP contribution >= 0.6 is 50.7 Å². The van der Waals surface area contributed by atoms with Gasteiger partial charge in [0.05, 0.1) is 14.5 Å². The van der Waals surface area contributed by atoms with E-state index in [9.17, 15) is 9.59 Å². The Morgan fingerprint density at radius 1 is 1.10 bits per heavy atom. The molecule has 0 aliphatic carbocycles. The monoisotopic (exact) mass is 548 g/mol. The molecule has 0 unspecified atom stereocenters. The normalized spacial score (nSPS) is 12.3. The number of nitrogens with zero attached hydrogens (tertiary/aromatic N) is 1. The Hall–Kier alpha value is -1.47. The highest BCUT2D eigenvalue weighted by atomic mass is 79.9. The zero-order valence-electron chi connectivity index (χ0n) is 17.6. The van der Waals surface area contributed by atoms with Gasteiger partial charge in [0.15, 0.2) is 6.61 Å². The molecular formula is C22H24BrCl3N2O3. The number of carbonyl (C=O) groups excluding carboxylic acids is 2. The molecule has 2 aromatic rings. The van der Waals surface area contributed by atoms with Gasteiger partial charge in [-0.25, -0.2) is 0 Å². The summed E-state index contributed by atoms with van der Waals surface area (Å²) < 4.78 is 6.30. The highest BCUT2D eigenvalue weighted by Gasteiger charge is 2.29. The maximum atomic E-state index is 13.1. The molecule has 1 N–H and O–H groups in total. The molecule has 5 nitrogen and oxygen atoms in total. The molecule has 0 saturated heterocycles. The van der Waals surface area contributed by atoms with Crippen LogP contribution in [0.25, 0.3) is 0 Å².